The second-order valence-electron chi connectivity index (χ2n) is 5.78. The van der Waals surface area contributed by atoms with Gasteiger partial charge >= 0.3 is 5.97 Å². The second kappa shape index (κ2) is 12.8. The maximum Gasteiger partial charge on any atom is 0.310 e. The molecule has 1 heterocycles. The smallest absolute Gasteiger partial charge is 0.310 e. The van der Waals surface area contributed by atoms with E-state index in [0.29, 0.717) is 13.2 Å². The Bertz CT molecular complexity index is 364. The van der Waals surface area contributed by atoms with Crippen molar-refractivity contribution in [2.45, 2.75) is 46.1 Å². The van der Waals surface area contributed by atoms with E-state index in [9.17, 15) is 4.79 Å². The second-order valence-corrected chi connectivity index (χ2v) is 5.78. The number of esters is 1. The van der Waals surface area contributed by atoms with Gasteiger partial charge < -0.3 is 19.7 Å². The number of rotatable bonds is 7. The summed E-state index contributed by atoms with van der Waals surface area (Å²) in [6.45, 7) is 9.54. The van der Waals surface area contributed by atoms with Crippen LogP contribution in [0.25, 0.3) is 0 Å². The monoisotopic (exact) mass is 441 g/mol. The molecule has 0 amide bonds. The number of nitrogens with zero attached hydrogens (tertiary/aromatic N) is 2. The van der Waals surface area contributed by atoms with Gasteiger partial charge in [0.15, 0.2) is 5.96 Å². The molecule has 1 unspecified atom stereocenters. The summed E-state index contributed by atoms with van der Waals surface area (Å²) >= 11 is 0. The van der Waals surface area contributed by atoms with Gasteiger partial charge in [0.05, 0.1) is 18.6 Å². The number of piperidine rings is 1. The highest BCUT2D eigenvalue weighted by atomic mass is 127. The molecule has 1 saturated heterocycles. The van der Waals surface area contributed by atoms with Crippen LogP contribution in [0.4, 0.5) is 0 Å². The number of likely N-dealkylation sites (tertiary alicyclic amines) is 1. The molecule has 1 N–H and O–H groups in total. The summed E-state index contributed by atoms with van der Waals surface area (Å²) in [5.41, 5.74) is 0. The zero-order valence-corrected chi connectivity index (χ0v) is 17.2. The quantitative estimate of drug-likeness (QED) is 0.216. The van der Waals surface area contributed by atoms with E-state index in [2.05, 4.69) is 15.2 Å². The minimum atomic E-state index is -0.0898. The summed E-state index contributed by atoms with van der Waals surface area (Å²) in [5, 5.41) is 3.35. The third-order valence-electron chi connectivity index (χ3n) is 3.61. The van der Waals surface area contributed by atoms with Crippen molar-refractivity contribution >= 4 is 35.9 Å². The lowest BCUT2D eigenvalue weighted by Crippen LogP contribution is -2.48. The van der Waals surface area contributed by atoms with Crippen molar-refractivity contribution in [2.24, 2.45) is 10.9 Å². The van der Waals surface area contributed by atoms with Gasteiger partial charge in [0.25, 0.3) is 0 Å². The topological polar surface area (TPSA) is 63.2 Å². The molecule has 1 fully saturated rings. The number of nitrogens with one attached hydrogen (secondary N) is 1. The summed E-state index contributed by atoms with van der Waals surface area (Å²) in [7, 11) is 1.78. The number of guanidine groups is 1. The Balaban J connectivity index is 0.00000484. The number of carbonyl (C=O) groups is 1. The fraction of sp³-hybridized carbons (Fsp3) is 0.875. The summed E-state index contributed by atoms with van der Waals surface area (Å²) in [6, 6.07) is 0. The molecule has 7 heteroatoms. The number of hydrogen-bond acceptors (Lipinski definition) is 4. The van der Waals surface area contributed by atoms with E-state index in [1.165, 1.54) is 0 Å². The maximum absolute atomic E-state index is 11.9. The average molecular weight is 441 g/mol. The van der Waals surface area contributed by atoms with Crippen molar-refractivity contribution in [3.63, 3.8) is 0 Å². The molecule has 1 atom stereocenters. The van der Waals surface area contributed by atoms with Crippen LogP contribution in [0.3, 0.4) is 0 Å². The van der Waals surface area contributed by atoms with Crippen molar-refractivity contribution in [1.29, 1.82) is 0 Å². The molecule has 1 rings (SSSR count). The predicted octanol–water partition coefficient (Wildman–Crippen LogP) is 2.27. The molecular formula is C16H32IN3O3. The van der Waals surface area contributed by atoms with Crippen molar-refractivity contribution < 1.29 is 14.3 Å². The molecule has 0 aromatic heterocycles. The van der Waals surface area contributed by atoms with Crippen molar-refractivity contribution in [2.75, 3.05) is 39.9 Å². The summed E-state index contributed by atoms with van der Waals surface area (Å²) < 4.78 is 10.7. The Labute approximate surface area is 157 Å². The van der Waals surface area contributed by atoms with Crippen molar-refractivity contribution in [3.8, 4) is 0 Å². The molecule has 0 radical (unpaired) electrons. The molecule has 0 aliphatic carbocycles. The lowest BCUT2D eigenvalue weighted by molar-refractivity contribution is -0.149. The van der Waals surface area contributed by atoms with E-state index in [1.54, 1.807) is 7.05 Å². The zero-order valence-electron chi connectivity index (χ0n) is 14.8. The first-order valence-corrected chi connectivity index (χ1v) is 8.32. The number of ether oxygens (including phenoxy) is 2. The molecule has 1 aliphatic heterocycles. The van der Waals surface area contributed by atoms with Gasteiger partial charge in [-0.25, -0.2) is 0 Å². The summed E-state index contributed by atoms with van der Waals surface area (Å²) in [5.74, 6) is 0.725. The van der Waals surface area contributed by atoms with Gasteiger partial charge in [0.2, 0.25) is 0 Å². The minimum Gasteiger partial charge on any atom is -0.466 e. The predicted molar refractivity (Wildman–Crippen MR) is 103 cm³/mol. The lowest BCUT2D eigenvalue weighted by Gasteiger charge is -2.34. The molecule has 0 bridgehead atoms. The van der Waals surface area contributed by atoms with Gasteiger partial charge in [0.1, 0.15) is 0 Å². The molecular weight excluding hydrogens is 409 g/mol. The Morgan fingerprint density at radius 1 is 1.43 bits per heavy atom. The highest BCUT2D eigenvalue weighted by Gasteiger charge is 2.28. The van der Waals surface area contributed by atoms with Crippen LogP contribution in [0.15, 0.2) is 4.99 Å². The van der Waals surface area contributed by atoms with Gasteiger partial charge in [0, 0.05) is 33.3 Å². The van der Waals surface area contributed by atoms with Gasteiger partial charge in [-0.05, 0) is 40.0 Å². The number of carbonyl (C=O) groups excluding carboxylic acids is 1. The molecule has 0 saturated carbocycles. The third-order valence-corrected chi connectivity index (χ3v) is 3.61. The SMILES string of the molecule is CCOC(=O)C1CCCN(C(=NC)NCCCOC(C)C)C1.I. The van der Waals surface area contributed by atoms with Crippen LogP contribution < -0.4 is 5.32 Å². The van der Waals surface area contributed by atoms with Crippen LogP contribution in [-0.2, 0) is 14.3 Å². The average Bonchev–Trinajstić information content (AvgIpc) is 2.51. The summed E-state index contributed by atoms with van der Waals surface area (Å²) in [4.78, 5) is 18.4. The zero-order chi connectivity index (χ0) is 16.4. The minimum absolute atomic E-state index is 0. The van der Waals surface area contributed by atoms with E-state index < -0.39 is 0 Å². The highest BCUT2D eigenvalue weighted by molar-refractivity contribution is 14.0. The largest absolute Gasteiger partial charge is 0.466 e. The molecule has 136 valence electrons. The first-order valence-electron chi connectivity index (χ1n) is 8.32. The van der Waals surface area contributed by atoms with Crippen LogP contribution in [-0.4, -0.2) is 62.8 Å². The molecule has 23 heavy (non-hydrogen) atoms. The van der Waals surface area contributed by atoms with Gasteiger partial charge in [-0.2, -0.15) is 0 Å². The van der Waals surface area contributed by atoms with Crippen LogP contribution in [0.1, 0.15) is 40.0 Å². The van der Waals surface area contributed by atoms with Gasteiger partial charge in [-0.15, -0.1) is 24.0 Å². The first kappa shape index (κ1) is 22.4. The fourth-order valence-electron chi connectivity index (χ4n) is 2.55. The molecule has 1 aliphatic rings. The van der Waals surface area contributed by atoms with Crippen LogP contribution in [0.2, 0.25) is 0 Å². The number of halogens is 1. The molecule has 6 nitrogen and oxygen atoms in total. The summed E-state index contributed by atoms with van der Waals surface area (Å²) in [6.07, 6.45) is 3.09. The van der Waals surface area contributed by atoms with Gasteiger partial charge in [-0.3, -0.25) is 9.79 Å². The Kier molecular flexibility index (Phi) is 12.5. The van der Waals surface area contributed by atoms with E-state index in [4.69, 9.17) is 9.47 Å². The van der Waals surface area contributed by atoms with Crippen LogP contribution in [0, 0.1) is 5.92 Å². The number of hydrogen-bond donors (Lipinski definition) is 1. The van der Waals surface area contributed by atoms with Crippen molar-refractivity contribution in [1.82, 2.24) is 10.2 Å². The van der Waals surface area contributed by atoms with Gasteiger partial charge in [-0.1, -0.05) is 0 Å². The van der Waals surface area contributed by atoms with Crippen LogP contribution in [0.5, 0.6) is 0 Å². The lowest BCUT2D eigenvalue weighted by atomic mass is 9.98. The Morgan fingerprint density at radius 2 is 2.17 bits per heavy atom. The highest BCUT2D eigenvalue weighted by Crippen LogP contribution is 2.18. The molecule has 0 spiro atoms. The standard InChI is InChI=1S/C16H31N3O3.HI/c1-5-21-15(20)14-8-6-10-19(12-14)16(17-4)18-9-7-11-22-13(2)3;/h13-14H,5-12H2,1-4H3,(H,17,18);1H. The molecule has 0 aromatic carbocycles. The Morgan fingerprint density at radius 3 is 2.78 bits per heavy atom. The Hall–Kier alpha value is -0.570. The maximum atomic E-state index is 11.9. The normalized spacial score (nSPS) is 18.6. The van der Waals surface area contributed by atoms with E-state index in [1.807, 2.05) is 20.8 Å². The van der Waals surface area contributed by atoms with E-state index in [-0.39, 0.29) is 42.0 Å². The van der Waals surface area contributed by atoms with E-state index >= 15 is 0 Å². The van der Waals surface area contributed by atoms with Crippen molar-refractivity contribution in [3.05, 3.63) is 0 Å². The third kappa shape index (κ3) is 8.74. The molecule has 0 aromatic rings. The van der Waals surface area contributed by atoms with E-state index in [0.717, 1.165) is 44.9 Å². The fourth-order valence-corrected chi connectivity index (χ4v) is 2.55. The first-order chi connectivity index (χ1) is 10.6. The number of aliphatic imine (C=N–C) groups is 1. The van der Waals surface area contributed by atoms with Crippen LogP contribution >= 0.6 is 24.0 Å².